The fourth-order valence-corrected chi connectivity index (χ4v) is 3.09. The number of ether oxygens (including phenoxy) is 1. The van der Waals surface area contributed by atoms with Gasteiger partial charge in [-0.15, -0.1) is 11.3 Å². The van der Waals surface area contributed by atoms with Crippen molar-refractivity contribution in [2.75, 3.05) is 6.61 Å². The van der Waals surface area contributed by atoms with Crippen LogP contribution in [0.5, 0.6) is 5.75 Å². The Morgan fingerprint density at radius 3 is 2.73 bits per heavy atom. The van der Waals surface area contributed by atoms with Crippen molar-refractivity contribution in [2.45, 2.75) is 13.1 Å². The second kappa shape index (κ2) is 6.79. The van der Waals surface area contributed by atoms with E-state index in [1.54, 1.807) is 18.2 Å². The Hall–Kier alpha value is -2.88. The van der Waals surface area contributed by atoms with Crippen LogP contribution >= 0.6 is 11.3 Å². The highest BCUT2D eigenvalue weighted by Gasteiger charge is 2.41. The molecule has 0 amide bonds. The molecule has 136 valence electrons. The van der Waals surface area contributed by atoms with Gasteiger partial charge >= 0.3 is 12.1 Å². The van der Waals surface area contributed by atoms with Crippen LogP contribution in [0.2, 0.25) is 0 Å². The molecule has 0 aliphatic heterocycles. The third-order valence-corrected chi connectivity index (χ3v) is 4.20. The molecule has 2 heterocycles. The molecule has 0 spiro atoms. The van der Waals surface area contributed by atoms with Crippen LogP contribution in [0.25, 0.3) is 16.4 Å². The Morgan fingerprint density at radius 1 is 1.35 bits per heavy atom. The van der Waals surface area contributed by atoms with Crippen molar-refractivity contribution in [1.82, 2.24) is 14.8 Å². The van der Waals surface area contributed by atoms with Crippen LogP contribution in [0, 0.1) is 0 Å². The van der Waals surface area contributed by atoms with Gasteiger partial charge in [0.05, 0.1) is 18.5 Å². The fraction of sp³-hybridized carbons (Fsp3) is 0.188. The van der Waals surface area contributed by atoms with Gasteiger partial charge in [0, 0.05) is 10.9 Å². The Kier molecular flexibility index (Phi) is 4.68. The first-order valence-corrected chi connectivity index (χ1v) is 8.27. The van der Waals surface area contributed by atoms with Gasteiger partial charge in [-0.05, 0) is 19.1 Å². The molecule has 0 aliphatic rings. The van der Waals surface area contributed by atoms with E-state index in [-0.39, 0.29) is 17.5 Å². The van der Waals surface area contributed by atoms with E-state index in [2.05, 4.69) is 14.8 Å². The standard InChI is InChI=1S/C16H12F3N3O3S/c1-2-25-14(24)10-7-20-22(13(10)16(17,18)19)15-21-11(8-26-15)9-5-3-4-6-12(9)23/h3-8,23H,2H2,1H3. The number of carbonyl (C=O) groups excluding carboxylic acids is 1. The molecule has 1 aromatic carbocycles. The molecular weight excluding hydrogens is 371 g/mol. The van der Waals surface area contributed by atoms with Crippen molar-refractivity contribution in [3.8, 4) is 22.1 Å². The number of esters is 1. The maximum atomic E-state index is 13.5. The molecule has 0 atom stereocenters. The lowest BCUT2D eigenvalue weighted by Gasteiger charge is -2.10. The van der Waals surface area contributed by atoms with E-state index in [0.29, 0.717) is 15.9 Å². The number of aromatic nitrogens is 3. The van der Waals surface area contributed by atoms with Gasteiger partial charge < -0.3 is 9.84 Å². The van der Waals surface area contributed by atoms with Crippen LogP contribution in [-0.2, 0) is 10.9 Å². The highest BCUT2D eigenvalue weighted by Crippen LogP contribution is 2.36. The number of alkyl halides is 3. The summed E-state index contributed by atoms with van der Waals surface area (Å²) in [5.74, 6) is -1.16. The largest absolute Gasteiger partial charge is 0.507 e. The molecule has 0 fully saturated rings. The first kappa shape index (κ1) is 17.9. The molecule has 26 heavy (non-hydrogen) atoms. The van der Waals surface area contributed by atoms with E-state index in [9.17, 15) is 23.1 Å². The number of carbonyl (C=O) groups is 1. The van der Waals surface area contributed by atoms with Crippen LogP contribution in [0.3, 0.4) is 0 Å². The van der Waals surface area contributed by atoms with Crippen molar-refractivity contribution >= 4 is 17.3 Å². The molecule has 0 saturated carbocycles. The average molecular weight is 383 g/mol. The van der Waals surface area contributed by atoms with Crippen LogP contribution in [-0.4, -0.2) is 32.4 Å². The molecule has 0 aliphatic carbocycles. The number of phenols is 1. The van der Waals surface area contributed by atoms with E-state index in [4.69, 9.17) is 0 Å². The lowest BCUT2D eigenvalue weighted by molar-refractivity contribution is -0.143. The van der Waals surface area contributed by atoms with Gasteiger partial charge in [-0.2, -0.15) is 18.3 Å². The molecule has 3 aromatic rings. The average Bonchev–Trinajstić information content (AvgIpc) is 3.22. The lowest BCUT2D eigenvalue weighted by Crippen LogP contribution is -2.18. The summed E-state index contributed by atoms with van der Waals surface area (Å²) < 4.78 is 45.7. The third kappa shape index (κ3) is 3.27. The number of hydrogen-bond donors (Lipinski definition) is 1. The summed E-state index contributed by atoms with van der Waals surface area (Å²) in [4.78, 5) is 15.9. The smallest absolute Gasteiger partial charge is 0.434 e. The van der Waals surface area contributed by atoms with Gasteiger partial charge in [0.2, 0.25) is 5.13 Å². The van der Waals surface area contributed by atoms with Gasteiger partial charge in [0.25, 0.3) is 0 Å². The number of phenolic OH excluding ortho intramolecular Hbond substituents is 1. The van der Waals surface area contributed by atoms with Gasteiger partial charge in [-0.3, -0.25) is 0 Å². The van der Waals surface area contributed by atoms with Crippen molar-refractivity contribution in [3.63, 3.8) is 0 Å². The first-order chi connectivity index (χ1) is 12.3. The zero-order valence-electron chi connectivity index (χ0n) is 13.3. The van der Waals surface area contributed by atoms with Crippen LogP contribution in [0.15, 0.2) is 35.8 Å². The minimum Gasteiger partial charge on any atom is -0.507 e. The summed E-state index contributed by atoms with van der Waals surface area (Å²) in [7, 11) is 0. The Morgan fingerprint density at radius 2 is 2.08 bits per heavy atom. The third-order valence-electron chi connectivity index (χ3n) is 3.39. The summed E-state index contributed by atoms with van der Waals surface area (Å²) >= 11 is 0.901. The quantitative estimate of drug-likeness (QED) is 0.692. The first-order valence-electron chi connectivity index (χ1n) is 7.39. The number of aromatic hydroxyl groups is 1. The van der Waals surface area contributed by atoms with E-state index in [1.807, 2.05) is 0 Å². The number of rotatable bonds is 4. The van der Waals surface area contributed by atoms with Crippen LogP contribution in [0.4, 0.5) is 13.2 Å². The molecule has 0 radical (unpaired) electrons. The highest BCUT2D eigenvalue weighted by atomic mass is 32.1. The second-order valence-corrected chi connectivity index (χ2v) is 5.91. The number of halogens is 3. The fourth-order valence-electron chi connectivity index (χ4n) is 2.30. The van der Waals surface area contributed by atoms with Crippen molar-refractivity contribution in [3.05, 3.63) is 47.1 Å². The zero-order chi connectivity index (χ0) is 18.9. The van der Waals surface area contributed by atoms with Crippen molar-refractivity contribution in [2.24, 2.45) is 0 Å². The summed E-state index contributed by atoms with van der Waals surface area (Å²) in [6, 6.07) is 6.32. The van der Waals surface area contributed by atoms with E-state index < -0.39 is 23.4 Å². The maximum Gasteiger partial charge on any atom is 0.434 e. The summed E-state index contributed by atoms with van der Waals surface area (Å²) in [6.45, 7) is 1.44. The number of para-hydroxylation sites is 1. The van der Waals surface area contributed by atoms with Gasteiger partial charge in [-0.25, -0.2) is 14.5 Å². The second-order valence-electron chi connectivity index (χ2n) is 5.07. The minimum atomic E-state index is -4.83. The van der Waals surface area contributed by atoms with Gasteiger partial charge in [0.15, 0.2) is 5.69 Å². The zero-order valence-corrected chi connectivity index (χ0v) is 14.1. The topological polar surface area (TPSA) is 77.2 Å². The SMILES string of the molecule is CCOC(=O)c1cnn(-c2nc(-c3ccccc3O)cs2)c1C(F)(F)F. The lowest BCUT2D eigenvalue weighted by atomic mass is 10.1. The number of nitrogens with zero attached hydrogens (tertiary/aromatic N) is 3. The Balaban J connectivity index is 2.08. The molecular formula is C16H12F3N3O3S. The number of hydrogen-bond acceptors (Lipinski definition) is 6. The molecule has 6 nitrogen and oxygen atoms in total. The molecule has 0 saturated heterocycles. The molecule has 3 rings (SSSR count). The van der Waals surface area contributed by atoms with Gasteiger partial charge in [-0.1, -0.05) is 12.1 Å². The minimum absolute atomic E-state index is 0.0481. The van der Waals surface area contributed by atoms with Crippen LogP contribution < -0.4 is 0 Å². The highest BCUT2D eigenvalue weighted by molar-refractivity contribution is 7.12. The van der Waals surface area contributed by atoms with Crippen molar-refractivity contribution in [1.29, 1.82) is 0 Å². The molecule has 0 unspecified atom stereocenters. The van der Waals surface area contributed by atoms with Crippen molar-refractivity contribution < 1.29 is 27.8 Å². The van der Waals surface area contributed by atoms with Gasteiger partial charge in [0.1, 0.15) is 11.3 Å². The Bertz CT molecular complexity index is 950. The summed E-state index contributed by atoms with van der Waals surface area (Å²) in [5, 5.41) is 14.9. The summed E-state index contributed by atoms with van der Waals surface area (Å²) in [5.41, 5.74) is -1.27. The molecule has 1 N–H and O–H groups in total. The summed E-state index contributed by atoms with van der Waals surface area (Å²) in [6.07, 6.45) is -4.03. The molecule has 2 aromatic heterocycles. The number of benzene rings is 1. The van der Waals surface area contributed by atoms with E-state index in [1.165, 1.54) is 18.4 Å². The molecule has 10 heteroatoms. The van der Waals surface area contributed by atoms with Crippen LogP contribution in [0.1, 0.15) is 23.0 Å². The van der Waals surface area contributed by atoms with E-state index in [0.717, 1.165) is 17.5 Å². The predicted molar refractivity (Wildman–Crippen MR) is 87.3 cm³/mol. The molecule has 0 bridgehead atoms. The number of thiazole rings is 1. The Labute approximate surface area is 149 Å². The predicted octanol–water partition coefficient (Wildman–Crippen LogP) is 3.90. The maximum absolute atomic E-state index is 13.5. The normalized spacial score (nSPS) is 11.5. The monoisotopic (exact) mass is 383 g/mol. The van der Waals surface area contributed by atoms with E-state index >= 15 is 0 Å².